The highest BCUT2D eigenvalue weighted by Gasteiger charge is 2.38. The molecular formula is C41H32N2O. The average molecular weight is 569 g/mol. The summed E-state index contributed by atoms with van der Waals surface area (Å²) in [7, 11) is 0. The zero-order valence-corrected chi connectivity index (χ0v) is 24.4. The molecule has 0 amide bonds. The molecule has 2 heterocycles. The number of hydrogen-bond donors (Lipinski definition) is 0. The molecule has 3 nitrogen and oxygen atoms in total. The molecule has 0 N–H and O–H groups in total. The van der Waals surface area contributed by atoms with Crippen LogP contribution in [0.4, 0.5) is 0 Å². The number of nitrogens with zero attached hydrogens (tertiary/aromatic N) is 2. The number of benzene rings is 4. The lowest BCUT2D eigenvalue weighted by Crippen LogP contribution is -2.24. The quantitative estimate of drug-likeness (QED) is 0.184. The summed E-state index contributed by atoms with van der Waals surface area (Å²) < 4.78 is 0. The molecule has 3 heteroatoms. The number of ketones is 1. The number of carbonyl (C=O) groups is 1. The van der Waals surface area contributed by atoms with Gasteiger partial charge in [0.15, 0.2) is 0 Å². The van der Waals surface area contributed by atoms with E-state index in [9.17, 15) is 0 Å². The Hall–Kier alpha value is -5.15. The second-order valence-electron chi connectivity index (χ2n) is 12.0. The van der Waals surface area contributed by atoms with Crippen molar-refractivity contribution >= 4 is 5.78 Å². The minimum Gasteiger partial charge on any atom is -0.298 e. The summed E-state index contributed by atoms with van der Waals surface area (Å²) >= 11 is 0. The lowest BCUT2D eigenvalue weighted by Gasteiger charge is -2.28. The van der Waals surface area contributed by atoms with E-state index in [0.717, 1.165) is 11.1 Å². The summed E-state index contributed by atoms with van der Waals surface area (Å²) in [6.45, 7) is 0. The van der Waals surface area contributed by atoms with Gasteiger partial charge in [-0.3, -0.25) is 14.8 Å². The molecule has 212 valence electrons. The van der Waals surface area contributed by atoms with Crippen molar-refractivity contribution in [3.8, 4) is 22.3 Å². The van der Waals surface area contributed by atoms with E-state index in [4.69, 9.17) is 0 Å². The number of aromatic nitrogens is 2. The van der Waals surface area contributed by atoms with Crippen molar-refractivity contribution < 1.29 is 4.79 Å². The normalized spacial score (nSPS) is 14.7. The van der Waals surface area contributed by atoms with Crippen LogP contribution in [0.2, 0.25) is 0 Å². The molecule has 6 aromatic rings. The molecule has 0 bridgehead atoms. The predicted octanol–water partition coefficient (Wildman–Crippen LogP) is 9.32. The summed E-state index contributed by atoms with van der Waals surface area (Å²) in [6.07, 6.45) is 8.68. The largest absolute Gasteiger partial charge is 0.298 e. The van der Waals surface area contributed by atoms with Gasteiger partial charge in [0.1, 0.15) is 5.78 Å². The minimum absolute atomic E-state index is 0.135. The third-order valence-electron chi connectivity index (χ3n) is 9.77. The van der Waals surface area contributed by atoms with Crippen molar-refractivity contribution in [1.29, 1.82) is 0 Å². The predicted molar refractivity (Wildman–Crippen MR) is 176 cm³/mol. The SMILES string of the molecule is O=C(C(CC1c2ccccc2-c2ccccc21)c1ccncc1)C(CC1c2ccccc2-c2ccccc21)c1ccncc1. The molecular weight excluding hydrogens is 536 g/mol. The van der Waals surface area contributed by atoms with Crippen LogP contribution in [0.5, 0.6) is 0 Å². The van der Waals surface area contributed by atoms with Gasteiger partial charge in [-0.25, -0.2) is 0 Å². The van der Waals surface area contributed by atoms with E-state index in [1.54, 1.807) is 0 Å². The maximum atomic E-state index is 15.2. The van der Waals surface area contributed by atoms with Crippen LogP contribution < -0.4 is 0 Å². The number of fused-ring (bicyclic) bond motifs is 6. The van der Waals surface area contributed by atoms with Crippen molar-refractivity contribution in [1.82, 2.24) is 9.97 Å². The van der Waals surface area contributed by atoms with Gasteiger partial charge in [0.25, 0.3) is 0 Å². The first-order valence-electron chi connectivity index (χ1n) is 15.5. The number of carbonyl (C=O) groups excluding carboxylic acids is 1. The van der Waals surface area contributed by atoms with Gasteiger partial charge in [-0.15, -0.1) is 0 Å². The second kappa shape index (κ2) is 11.2. The van der Waals surface area contributed by atoms with Gasteiger partial charge in [-0.05, 0) is 92.7 Å². The van der Waals surface area contributed by atoms with Crippen LogP contribution in [0.15, 0.2) is 146 Å². The van der Waals surface area contributed by atoms with Crippen LogP contribution in [-0.2, 0) is 4.79 Å². The molecule has 2 atom stereocenters. The molecule has 0 fully saturated rings. The fraction of sp³-hybridized carbons (Fsp3) is 0.146. The Bertz CT molecular complexity index is 1730. The zero-order chi connectivity index (χ0) is 29.5. The molecule has 0 spiro atoms. The molecule has 0 aliphatic heterocycles. The first-order valence-corrected chi connectivity index (χ1v) is 15.5. The lowest BCUT2D eigenvalue weighted by molar-refractivity contribution is -0.122. The minimum atomic E-state index is -0.299. The molecule has 0 saturated heterocycles. The molecule has 2 aliphatic carbocycles. The van der Waals surface area contributed by atoms with Crippen LogP contribution in [0, 0.1) is 0 Å². The van der Waals surface area contributed by atoms with Crippen molar-refractivity contribution in [3.63, 3.8) is 0 Å². The highest BCUT2D eigenvalue weighted by molar-refractivity contribution is 5.93. The highest BCUT2D eigenvalue weighted by atomic mass is 16.1. The molecule has 0 saturated carbocycles. The van der Waals surface area contributed by atoms with Crippen molar-refractivity contribution in [2.24, 2.45) is 0 Å². The van der Waals surface area contributed by atoms with E-state index in [2.05, 4.69) is 107 Å². The van der Waals surface area contributed by atoms with Gasteiger partial charge in [-0.2, -0.15) is 0 Å². The van der Waals surface area contributed by atoms with Crippen molar-refractivity contribution in [3.05, 3.63) is 179 Å². The summed E-state index contributed by atoms with van der Waals surface area (Å²) in [5.74, 6) is -0.0725. The van der Waals surface area contributed by atoms with Crippen LogP contribution >= 0.6 is 0 Å². The Labute approximate surface area is 258 Å². The maximum Gasteiger partial charge on any atom is 0.147 e. The average Bonchev–Trinajstić information content (AvgIpc) is 3.59. The van der Waals surface area contributed by atoms with Crippen molar-refractivity contribution in [2.75, 3.05) is 0 Å². The Morgan fingerprint density at radius 1 is 0.455 bits per heavy atom. The summed E-state index contributed by atoms with van der Waals surface area (Å²) in [5, 5.41) is 0. The third kappa shape index (κ3) is 4.48. The smallest absolute Gasteiger partial charge is 0.147 e. The Morgan fingerprint density at radius 2 is 0.750 bits per heavy atom. The Morgan fingerprint density at radius 3 is 1.07 bits per heavy atom. The summed E-state index contributed by atoms with van der Waals surface area (Å²) in [4.78, 5) is 23.8. The van der Waals surface area contributed by atoms with Crippen LogP contribution in [0.25, 0.3) is 22.3 Å². The van der Waals surface area contributed by atoms with E-state index in [0.29, 0.717) is 12.8 Å². The van der Waals surface area contributed by atoms with Gasteiger partial charge >= 0.3 is 0 Å². The van der Waals surface area contributed by atoms with Gasteiger partial charge < -0.3 is 0 Å². The topological polar surface area (TPSA) is 42.9 Å². The third-order valence-corrected chi connectivity index (χ3v) is 9.77. The van der Waals surface area contributed by atoms with E-state index in [1.807, 2.05) is 49.1 Å². The molecule has 0 radical (unpaired) electrons. The second-order valence-corrected chi connectivity index (χ2v) is 12.0. The zero-order valence-electron chi connectivity index (χ0n) is 24.4. The van der Waals surface area contributed by atoms with E-state index in [-0.39, 0.29) is 29.5 Å². The molecule has 8 rings (SSSR count). The first kappa shape index (κ1) is 26.5. The van der Waals surface area contributed by atoms with E-state index in [1.165, 1.54) is 44.5 Å². The van der Waals surface area contributed by atoms with Crippen LogP contribution in [-0.4, -0.2) is 15.8 Å². The number of rotatable bonds is 8. The van der Waals surface area contributed by atoms with Gasteiger partial charge in [0.05, 0.1) is 0 Å². The summed E-state index contributed by atoms with van der Waals surface area (Å²) in [5.41, 5.74) is 12.4. The molecule has 2 unspecified atom stereocenters. The van der Waals surface area contributed by atoms with Gasteiger partial charge in [0, 0.05) is 48.5 Å². The first-order chi connectivity index (χ1) is 21.8. The van der Waals surface area contributed by atoms with Gasteiger partial charge in [0.2, 0.25) is 0 Å². The monoisotopic (exact) mass is 568 g/mol. The Kier molecular flexibility index (Phi) is 6.72. The number of hydrogen-bond acceptors (Lipinski definition) is 3. The fourth-order valence-corrected chi connectivity index (χ4v) is 7.77. The fourth-order valence-electron chi connectivity index (χ4n) is 7.77. The molecule has 2 aliphatic rings. The van der Waals surface area contributed by atoms with Crippen LogP contribution in [0.1, 0.15) is 69.9 Å². The summed E-state index contributed by atoms with van der Waals surface area (Å²) in [6, 6.07) is 42.8. The van der Waals surface area contributed by atoms with E-state index >= 15 is 4.79 Å². The standard InChI is InChI=1S/C41H32N2O/c44-41(37(27-17-21-42-22-18-27)25-39-33-13-5-1-9-29(33)30-10-2-6-14-34(30)39)38(28-19-23-43-24-20-28)26-40-35-15-7-3-11-31(35)32-12-4-8-16-36(32)40/h1-24,37-40H,25-26H2. The number of pyridine rings is 2. The molecule has 44 heavy (non-hydrogen) atoms. The Balaban J connectivity index is 1.23. The van der Waals surface area contributed by atoms with Crippen LogP contribution in [0.3, 0.4) is 0 Å². The molecule has 2 aromatic heterocycles. The lowest BCUT2D eigenvalue weighted by atomic mass is 9.74. The maximum absolute atomic E-state index is 15.2. The molecule has 4 aromatic carbocycles. The van der Waals surface area contributed by atoms with E-state index < -0.39 is 0 Å². The van der Waals surface area contributed by atoms with Gasteiger partial charge in [-0.1, -0.05) is 97.1 Å². The van der Waals surface area contributed by atoms with Crippen molar-refractivity contribution in [2.45, 2.75) is 36.5 Å². The highest BCUT2D eigenvalue weighted by Crippen LogP contribution is 2.52. The number of Topliss-reactive ketones (excluding diaryl/α,β-unsaturated/α-hetero) is 1.